The molecule has 1 aromatic rings. The van der Waals surface area contributed by atoms with Crippen molar-refractivity contribution in [3.8, 4) is 0 Å². The predicted octanol–water partition coefficient (Wildman–Crippen LogP) is 0.00490. The van der Waals surface area contributed by atoms with Crippen LogP contribution in [0.5, 0.6) is 0 Å². The molecule has 0 atom stereocenters. The normalized spacial score (nSPS) is 18.1. The zero-order valence-electron chi connectivity index (χ0n) is 11.4. The van der Waals surface area contributed by atoms with Crippen LogP contribution in [0.2, 0.25) is 0 Å². The first-order valence-corrected chi connectivity index (χ1v) is 8.41. The summed E-state index contributed by atoms with van der Waals surface area (Å²) in [6.45, 7) is 1.35. The van der Waals surface area contributed by atoms with E-state index in [0.29, 0.717) is 38.9 Å². The summed E-state index contributed by atoms with van der Waals surface area (Å²) in [6.07, 6.45) is 5.89. The monoisotopic (exact) mass is 301 g/mol. The number of hydrogen-bond acceptors (Lipinski definition) is 5. The number of rotatable bonds is 5. The molecule has 1 N–H and O–H groups in total. The van der Waals surface area contributed by atoms with Crippen molar-refractivity contribution in [1.82, 2.24) is 14.6 Å². The molecule has 1 amide bonds. The lowest BCUT2D eigenvalue weighted by molar-refractivity contribution is -0.126. The minimum absolute atomic E-state index is 0.0124. The lowest BCUT2D eigenvalue weighted by Crippen LogP contribution is -2.42. The maximum Gasteiger partial charge on any atom is 0.223 e. The quantitative estimate of drug-likeness (QED) is 0.826. The highest BCUT2D eigenvalue weighted by Crippen LogP contribution is 2.19. The Hall–Kier alpha value is -1.41. The SMILES string of the molecule is CS(=O)(=O)N1CCC(C(=O)NCCc2cocn2)CC1. The van der Waals surface area contributed by atoms with E-state index in [0.717, 1.165) is 5.69 Å². The number of nitrogens with one attached hydrogen (secondary N) is 1. The summed E-state index contributed by atoms with van der Waals surface area (Å²) in [5.41, 5.74) is 0.803. The van der Waals surface area contributed by atoms with Crippen molar-refractivity contribution in [3.63, 3.8) is 0 Å². The molecule has 0 aliphatic carbocycles. The molecule has 1 saturated heterocycles. The molecule has 0 radical (unpaired) electrons. The van der Waals surface area contributed by atoms with Crippen LogP contribution < -0.4 is 5.32 Å². The Morgan fingerprint density at radius 3 is 2.75 bits per heavy atom. The number of aromatic nitrogens is 1. The minimum atomic E-state index is -3.14. The smallest absolute Gasteiger partial charge is 0.223 e. The van der Waals surface area contributed by atoms with Crippen molar-refractivity contribution < 1.29 is 17.6 Å². The van der Waals surface area contributed by atoms with Gasteiger partial charge in [-0.1, -0.05) is 0 Å². The summed E-state index contributed by atoms with van der Waals surface area (Å²) in [7, 11) is -3.14. The minimum Gasteiger partial charge on any atom is -0.451 e. The van der Waals surface area contributed by atoms with E-state index in [1.165, 1.54) is 17.0 Å². The summed E-state index contributed by atoms with van der Waals surface area (Å²) in [5, 5.41) is 2.86. The number of carbonyl (C=O) groups excluding carboxylic acids is 1. The number of hydrogen-bond donors (Lipinski definition) is 1. The van der Waals surface area contributed by atoms with Gasteiger partial charge in [-0.05, 0) is 12.8 Å². The number of carbonyl (C=O) groups is 1. The van der Waals surface area contributed by atoms with Crippen molar-refractivity contribution in [3.05, 3.63) is 18.4 Å². The van der Waals surface area contributed by atoms with Gasteiger partial charge in [0.2, 0.25) is 15.9 Å². The second kappa shape index (κ2) is 6.36. The average Bonchev–Trinajstić information content (AvgIpc) is 2.91. The lowest BCUT2D eigenvalue weighted by atomic mass is 9.97. The Bertz CT molecular complexity index is 533. The number of piperidine rings is 1. The molecular formula is C12H19N3O4S. The van der Waals surface area contributed by atoms with Crippen molar-refractivity contribution in [2.45, 2.75) is 19.3 Å². The van der Waals surface area contributed by atoms with Gasteiger partial charge in [0.1, 0.15) is 6.26 Å². The Balaban J connectivity index is 1.72. The van der Waals surface area contributed by atoms with Crippen LogP contribution in [0.4, 0.5) is 0 Å². The Morgan fingerprint density at radius 1 is 1.50 bits per heavy atom. The van der Waals surface area contributed by atoms with Crippen molar-refractivity contribution in [2.75, 3.05) is 25.9 Å². The standard InChI is InChI=1S/C12H19N3O4S/c1-20(17,18)15-6-3-10(4-7-15)12(16)13-5-2-11-8-19-9-14-11/h8-10H,2-7H2,1H3,(H,13,16). The number of amides is 1. The van der Waals surface area contributed by atoms with Gasteiger partial charge in [0.25, 0.3) is 0 Å². The van der Waals surface area contributed by atoms with Gasteiger partial charge in [0.05, 0.1) is 11.9 Å². The molecule has 1 aliphatic rings. The summed E-state index contributed by atoms with van der Waals surface area (Å²) in [5.74, 6) is -0.119. The number of oxazole rings is 1. The highest BCUT2D eigenvalue weighted by Gasteiger charge is 2.28. The lowest BCUT2D eigenvalue weighted by Gasteiger charge is -2.29. The predicted molar refractivity (Wildman–Crippen MR) is 72.4 cm³/mol. The van der Waals surface area contributed by atoms with E-state index >= 15 is 0 Å². The van der Waals surface area contributed by atoms with Crippen LogP contribution in [0.25, 0.3) is 0 Å². The third-order valence-corrected chi connectivity index (χ3v) is 4.76. The van der Waals surface area contributed by atoms with E-state index in [9.17, 15) is 13.2 Å². The highest BCUT2D eigenvalue weighted by molar-refractivity contribution is 7.88. The maximum atomic E-state index is 12.0. The summed E-state index contributed by atoms with van der Waals surface area (Å²) in [4.78, 5) is 15.9. The summed E-state index contributed by atoms with van der Waals surface area (Å²) < 4.78 is 29.0. The molecule has 0 saturated carbocycles. The van der Waals surface area contributed by atoms with Crippen molar-refractivity contribution in [1.29, 1.82) is 0 Å². The van der Waals surface area contributed by atoms with Gasteiger partial charge in [0.15, 0.2) is 6.39 Å². The molecule has 8 heteroatoms. The average molecular weight is 301 g/mol. The Morgan fingerprint density at radius 2 is 2.20 bits per heavy atom. The second-order valence-corrected chi connectivity index (χ2v) is 6.94. The first-order valence-electron chi connectivity index (χ1n) is 6.56. The van der Waals surface area contributed by atoms with Crippen LogP contribution >= 0.6 is 0 Å². The molecule has 0 aromatic carbocycles. The molecule has 1 aromatic heterocycles. The van der Waals surface area contributed by atoms with E-state index in [-0.39, 0.29) is 11.8 Å². The summed E-state index contributed by atoms with van der Waals surface area (Å²) in [6, 6.07) is 0. The Kier molecular flexibility index (Phi) is 4.77. The molecule has 0 spiro atoms. The van der Waals surface area contributed by atoms with Gasteiger partial charge in [-0.25, -0.2) is 17.7 Å². The van der Waals surface area contributed by atoms with Gasteiger partial charge in [0, 0.05) is 32.0 Å². The fourth-order valence-corrected chi connectivity index (χ4v) is 3.14. The maximum absolute atomic E-state index is 12.0. The molecule has 1 fully saturated rings. The fraction of sp³-hybridized carbons (Fsp3) is 0.667. The van der Waals surface area contributed by atoms with Gasteiger partial charge in [-0.2, -0.15) is 0 Å². The van der Waals surface area contributed by atoms with Crippen molar-refractivity contribution >= 4 is 15.9 Å². The van der Waals surface area contributed by atoms with Crippen LogP contribution in [-0.4, -0.2) is 49.5 Å². The second-order valence-electron chi connectivity index (χ2n) is 4.96. The van der Waals surface area contributed by atoms with E-state index < -0.39 is 10.0 Å². The summed E-state index contributed by atoms with van der Waals surface area (Å²) >= 11 is 0. The van der Waals surface area contributed by atoms with Gasteiger partial charge >= 0.3 is 0 Å². The van der Waals surface area contributed by atoms with Gasteiger partial charge in [-0.3, -0.25) is 4.79 Å². The number of sulfonamides is 1. The van der Waals surface area contributed by atoms with Crippen LogP contribution in [0, 0.1) is 5.92 Å². The third kappa shape index (κ3) is 4.04. The van der Waals surface area contributed by atoms with Crippen molar-refractivity contribution in [2.24, 2.45) is 5.92 Å². The van der Waals surface area contributed by atoms with E-state index in [2.05, 4.69) is 10.3 Å². The first-order chi connectivity index (χ1) is 9.47. The highest BCUT2D eigenvalue weighted by atomic mass is 32.2. The molecule has 20 heavy (non-hydrogen) atoms. The molecule has 2 rings (SSSR count). The first kappa shape index (κ1) is 15.0. The largest absolute Gasteiger partial charge is 0.451 e. The van der Waals surface area contributed by atoms with E-state index in [1.807, 2.05) is 0 Å². The third-order valence-electron chi connectivity index (χ3n) is 3.46. The van der Waals surface area contributed by atoms with Crippen LogP contribution in [0.3, 0.4) is 0 Å². The molecule has 0 unspecified atom stereocenters. The number of nitrogens with zero attached hydrogens (tertiary/aromatic N) is 2. The molecule has 112 valence electrons. The molecule has 0 bridgehead atoms. The molecule has 2 heterocycles. The van der Waals surface area contributed by atoms with E-state index in [1.54, 1.807) is 6.26 Å². The van der Waals surface area contributed by atoms with Crippen LogP contribution in [0.1, 0.15) is 18.5 Å². The van der Waals surface area contributed by atoms with Gasteiger partial charge < -0.3 is 9.73 Å². The Labute approximate surface area is 118 Å². The van der Waals surface area contributed by atoms with E-state index in [4.69, 9.17) is 4.42 Å². The molecule has 7 nitrogen and oxygen atoms in total. The van der Waals surface area contributed by atoms with Crippen LogP contribution in [0.15, 0.2) is 17.1 Å². The van der Waals surface area contributed by atoms with Gasteiger partial charge in [-0.15, -0.1) is 0 Å². The fourth-order valence-electron chi connectivity index (χ4n) is 2.27. The zero-order chi connectivity index (χ0) is 14.6. The molecular weight excluding hydrogens is 282 g/mol. The molecule has 1 aliphatic heterocycles. The zero-order valence-corrected chi connectivity index (χ0v) is 12.2. The topological polar surface area (TPSA) is 92.5 Å². The van der Waals surface area contributed by atoms with Crippen LogP contribution in [-0.2, 0) is 21.2 Å².